The highest BCUT2D eigenvalue weighted by atomic mass is 32.1. The van der Waals surface area contributed by atoms with E-state index >= 15 is 0 Å². The zero-order chi connectivity index (χ0) is 23.2. The summed E-state index contributed by atoms with van der Waals surface area (Å²) in [5, 5.41) is 4.46. The molecular formula is C28H34N4OS. The van der Waals surface area contributed by atoms with Crippen LogP contribution in [0.15, 0.2) is 60.7 Å². The SMILES string of the molecule is O=C(/C=C/c1ccccc1)NC[C@@H]1CCCC[C@@H]1CN1CCN(c2nsc3ccccc23)CC1. The van der Waals surface area contributed by atoms with Gasteiger partial charge in [-0.1, -0.05) is 55.3 Å². The fourth-order valence-electron chi connectivity index (χ4n) is 5.39. The van der Waals surface area contributed by atoms with Gasteiger partial charge in [-0.25, -0.2) is 0 Å². The summed E-state index contributed by atoms with van der Waals surface area (Å²) in [7, 11) is 0. The number of piperazine rings is 1. The van der Waals surface area contributed by atoms with E-state index < -0.39 is 0 Å². The molecular weight excluding hydrogens is 440 g/mol. The Balaban J connectivity index is 1.11. The van der Waals surface area contributed by atoms with E-state index in [1.807, 2.05) is 36.4 Å². The standard InChI is InChI=1S/C28H34N4OS/c33-27(15-14-22-8-2-1-3-9-22)29-20-23-10-4-5-11-24(23)21-31-16-18-32(19-17-31)28-25-12-6-7-13-26(25)34-30-28/h1-3,6-9,12-15,23-24H,4-5,10-11,16-21H2,(H,29,33)/b15-14+/t23-,24+/m0/s1. The van der Waals surface area contributed by atoms with Gasteiger partial charge in [0.05, 0.1) is 4.70 Å². The van der Waals surface area contributed by atoms with Gasteiger partial charge in [0, 0.05) is 50.7 Å². The molecule has 1 saturated carbocycles. The van der Waals surface area contributed by atoms with Crippen LogP contribution in [0, 0.1) is 11.8 Å². The molecule has 1 amide bonds. The number of anilines is 1. The van der Waals surface area contributed by atoms with Crippen molar-refractivity contribution in [3.63, 3.8) is 0 Å². The first-order chi connectivity index (χ1) is 16.8. The van der Waals surface area contributed by atoms with E-state index in [1.54, 1.807) is 17.6 Å². The lowest BCUT2D eigenvalue weighted by molar-refractivity contribution is -0.116. The third kappa shape index (κ3) is 5.68. The number of fused-ring (bicyclic) bond motifs is 1. The van der Waals surface area contributed by atoms with Crippen molar-refractivity contribution in [3.05, 3.63) is 66.2 Å². The maximum atomic E-state index is 12.4. The van der Waals surface area contributed by atoms with Crippen molar-refractivity contribution < 1.29 is 4.79 Å². The molecule has 5 rings (SSSR count). The van der Waals surface area contributed by atoms with Crippen LogP contribution in [-0.4, -0.2) is 54.4 Å². The lowest BCUT2D eigenvalue weighted by Gasteiger charge is -2.40. The lowest BCUT2D eigenvalue weighted by atomic mass is 9.78. The maximum Gasteiger partial charge on any atom is 0.244 e. The lowest BCUT2D eigenvalue weighted by Crippen LogP contribution is -2.49. The molecule has 2 fully saturated rings. The van der Waals surface area contributed by atoms with E-state index in [-0.39, 0.29) is 5.91 Å². The van der Waals surface area contributed by atoms with Gasteiger partial charge in [-0.2, -0.15) is 4.37 Å². The number of nitrogens with one attached hydrogen (secondary N) is 1. The quantitative estimate of drug-likeness (QED) is 0.487. The van der Waals surface area contributed by atoms with Crippen LogP contribution in [0.1, 0.15) is 31.2 Å². The van der Waals surface area contributed by atoms with E-state index in [4.69, 9.17) is 4.37 Å². The van der Waals surface area contributed by atoms with Crippen molar-refractivity contribution in [1.29, 1.82) is 0 Å². The summed E-state index contributed by atoms with van der Waals surface area (Å²) in [5.41, 5.74) is 1.05. The molecule has 0 unspecified atom stereocenters. The average molecular weight is 475 g/mol. The molecule has 1 aliphatic carbocycles. The van der Waals surface area contributed by atoms with E-state index in [0.29, 0.717) is 11.8 Å². The molecule has 34 heavy (non-hydrogen) atoms. The molecule has 1 saturated heterocycles. The van der Waals surface area contributed by atoms with Gasteiger partial charge >= 0.3 is 0 Å². The Morgan fingerprint density at radius 1 is 0.971 bits per heavy atom. The van der Waals surface area contributed by atoms with Crippen LogP contribution >= 0.6 is 11.5 Å². The minimum Gasteiger partial charge on any atom is -0.353 e. The van der Waals surface area contributed by atoms with E-state index in [0.717, 1.165) is 50.6 Å². The zero-order valence-electron chi connectivity index (χ0n) is 19.7. The van der Waals surface area contributed by atoms with E-state index in [1.165, 1.54) is 35.8 Å². The van der Waals surface area contributed by atoms with Gasteiger partial charge in [0.2, 0.25) is 5.91 Å². The van der Waals surface area contributed by atoms with Crippen LogP contribution in [0.25, 0.3) is 16.2 Å². The van der Waals surface area contributed by atoms with Crippen LogP contribution in [0.2, 0.25) is 0 Å². The van der Waals surface area contributed by atoms with Gasteiger partial charge in [0.25, 0.3) is 0 Å². The van der Waals surface area contributed by atoms with Crippen LogP contribution in [0.4, 0.5) is 5.82 Å². The third-order valence-electron chi connectivity index (χ3n) is 7.35. The average Bonchev–Trinajstić information content (AvgIpc) is 3.32. The molecule has 1 N–H and O–H groups in total. The predicted octanol–water partition coefficient (Wildman–Crippen LogP) is 5.05. The number of hydrogen-bond donors (Lipinski definition) is 1. The molecule has 2 aromatic carbocycles. The summed E-state index contributed by atoms with van der Waals surface area (Å²) >= 11 is 1.60. The van der Waals surface area contributed by atoms with Gasteiger partial charge in [-0.15, -0.1) is 0 Å². The summed E-state index contributed by atoms with van der Waals surface area (Å²) in [6.45, 7) is 6.17. The molecule has 2 atom stereocenters. The Bertz CT molecular complexity index is 1100. The van der Waals surface area contributed by atoms with E-state index in [9.17, 15) is 4.79 Å². The maximum absolute atomic E-state index is 12.4. The van der Waals surface area contributed by atoms with Gasteiger partial charge in [0.1, 0.15) is 5.82 Å². The minimum atomic E-state index is 0.0114. The molecule has 6 heteroatoms. The van der Waals surface area contributed by atoms with Crippen molar-refractivity contribution in [2.45, 2.75) is 25.7 Å². The number of hydrogen-bond acceptors (Lipinski definition) is 5. The monoisotopic (exact) mass is 474 g/mol. The second-order valence-corrected chi connectivity index (χ2v) is 10.4. The Morgan fingerprint density at radius 3 is 2.53 bits per heavy atom. The number of carbonyl (C=O) groups is 1. The number of nitrogens with zero attached hydrogens (tertiary/aromatic N) is 3. The first kappa shape index (κ1) is 23.1. The van der Waals surface area contributed by atoms with Crippen molar-refractivity contribution in [3.8, 4) is 0 Å². The largest absolute Gasteiger partial charge is 0.353 e. The van der Waals surface area contributed by atoms with E-state index in [2.05, 4.69) is 39.4 Å². The van der Waals surface area contributed by atoms with Gasteiger partial charge in [-0.05, 0) is 60.0 Å². The number of carbonyl (C=O) groups excluding carboxylic acids is 1. The van der Waals surface area contributed by atoms with Crippen LogP contribution < -0.4 is 10.2 Å². The van der Waals surface area contributed by atoms with Crippen LogP contribution in [-0.2, 0) is 4.79 Å². The highest BCUT2D eigenvalue weighted by Gasteiger charge is 2.29. The third-order valence-corrected chi connectivity index (χ3v) is 8.17. The number of amides is 1. The fraction of sp³-hybridized carbons (Fsp3) is 0.429. The number of rotatable bonds is 7. The van der Waals surface area contributed by atoms with Gasteiger partial charge in [0.15, 0.2) is 0 Å². The summed E-state index contributed by atoms with van der Waals surface area (Å²) in [5.74, 6) is 2.40. The summed E-state index contributed by atoms with van der Waals surface area (Å²) in [6, 6.07) is 18.5. The predicted molar refractivity (Wildman–Crippen MR) is 142 cm³/mol. The first-order valence-electron chi connectivity index (χ1n) is 12.6. The summed E-state index contributed by atoms with van der Waals surface area (Å²) in [4.78, 5) is 17.5. The van der Waals surface area contributed by atoms with Crippen LogP contribution in [0.5, 0.6) is 0 Å². The Morgan fingerprint density at radius 2 is 1.71 bits per heavy atom. The minimum absolute atomic E-state index is 0.0114. The fourth-order valence-corrected chi connectivity index (χ4v) is 6.19. The molecule has 1 aliphatic heterocycles. The van der Waals surface area contributed by atoms with Crippen molar-refractivity contribution in [2.24, 2.45) is 11.8 Å². The normalized spacial score (nSPS) is 21.8. The van der Waals surface area contributed by atoms with Crippen molar-refractivity contribution in [2.75, 3.05) is 44.2 Å². The Hall–Kier alpha value is -2.70. The van der Waals surface area contributed by atoms with Crippen molar-refractivity contribution >= 4 is 39.4 Å². The van der Waals surface area contributed by atoms with Gasteiger partial charge < -0.3 is 10.2 Å². The molecule has 5 nitrogen and oxygen atoms in total. The highest BCUT2D eigenvalue weighted by Crippen LogP contribution is 2.32. The van der Waals surface area contributed by atoms with Crippen molar-refractivity contribution in [1.82, 2.24) is 14.6 Å². The number of benzene rings is 2. The molecule has 3 aromatic rings. The molecule has 0 spiro atoms. The molecule has 2 heterocycles. The van der Waals surface area contributed by atoms with Crippen LogP contribution in [0.3, 0.4) is 0 Å². The molecule has 2 aliphatic rings. The molecule has 1 aromatic heterocycles. The smallest absolute Gasteiger partial charge is 0.244 e. The topological polar surface area (TPSA) is 48.5 Å². The molecule has 0 radical (unpaired) electrons. The Kier molecular flexibility index (Phi) is 7.56. The molecule has 178 valence electrons. The van der Waals surface area contributed by atoms with Gasteiger partial charge in [-0.3, -0.25) is 9.69 Å². The second kappa shape index (κ2) is 11.2. The second-order valence-electron chi connectivity index (χ2n) is 9.58. The highest BCUT2D eigenvalue weighted by molar-refractivity contribution is 7.13. The Labute approximate surface area is 206 Å². The molecule has 0 bridgehead atoms. The zero-order valence-corrected chi connectivity index (χ0v) is 20.6. The first-order valence-corrected chi connectivity index (χ1v) is 13.4. The number of aromatic nitrogens is 1. The summed E-state index contributed by atoms with van der Waals surface area (Å²) < 4.78 is 6.02. The summed E-state index contributed by atoms with van der Waals surface area (Å²) in [6.07, 6.45) is 8.64.